The van der Waals surface area contributed by atoms with E-state index in [9.17, 15) is 4.79 Å². The van der Waals surface area contributed by atoms with Gasteiger partial charge in [0.1, 0.15) is 5.69 Å². The van der Waals surface area contributed by atoms with E-state index >= 15 is 0 Å². The van der Waals surface area contributed by atoms with Gasteiger partial charge in [-0.3, -0.25) is 9.48 Å². The summed E-state index contributed by atoms with van der Waals surface area (Å²) in [5.74, 6) is -0.249. The monoisotopic (exact) mass is 244 g/mol. The second-order valence-corrected chi connectivity index (χ2v) is 4.34. The van der Waals surface area contributed by atoms with Crippen LogP contribution in [0.25, 0.3) is 0 Å². The highest BCUT2D eigenvalue weighted by Crippen LogP contribution is 2.18. The average Bonchev–Trinajstić information content (AvgIpc) is 2.63. The molecule has 18 heavy (non-hydrogen) atoms. The number of hydrogen-bond donors (Lipinski definition) is 2. The van der Waals surface area contributed by atoms with Gasteiger partial charge in [-0.1, -0.05) is 12.1 Å². The van der Waals surface area contributed by atoms with Crippen molar-refractivity contribution >= 4 is 17.3 Å². The van der Waals surface area contributed by atoms with Gasteiger partial charge in [0.05, 0.1) is 11.9 Å². The first-order valence-electron chi connectivity index (χ1n) is 5.65. The lowest BCUT2D eigenvalue weighted by Crippen LogP contribution is -2.18. The summed E-state index contributed by atoms with van der Waals surface area (Å²) in [5, 5.41) is 6.80. The summed E-state index contributed by atoms with van der Waals surface area (Å²) >= 11 is 0. The number of nitrogen functional groups attached to an aromatic ring is 1. The maximum Gasteiger partial charge on any atom is 0.276 e. The number of hydrogen-bond acceptors (Lipinski definition) is 3. The predicted molar refractivity (Wildman–Crippen MR) is 71.5 cm³/mol. The van der Waals surface area contributed by atoms with E-state index in [0.717, 1.165) is 16.8 Å². The van der Waals surface area contributed by atoms with Crippen molar-refractivity contribution in [2.45, 2.75) is 13.8 Å². The Morgan fingerprint density at radius 2 is 2.11 bits per heavy atom. The molecule has 3 N–H and O–H groups in total. The molecule has 0 atom stereocenters. The van der Waals surface area contributed by atoms with Gasteiger partial charge in [0.2, 0.25) is 0 Å². The lowest BCUT2D eigenvalue weighted by Gasteiger charge is -2.10. The van der Waals surface area contributed by atoms with Gasteiger partial charge in [0, 0.05) is 12.7 Å². The third-order valence-corrected chi connectivity index (χ3v) is 2.82. The predicted octanol–water partition coefficient (Wildman–Crippen LogP) is 1.87. The molecule has 0 saturated carbocycles. The Morgan fingerprint density at radius 3 is 2.72 bits per heavy atom. The number of nitrogens with zero attached hydrogens (tertiary/aromatic N) is 2. The van der Waals surface area contributed by atoms with Crippen molar-refractivity contribution in [2.24, 2.45) is 7.05 Å². The Balaban J connectivity index is 2.30. The number of aryl methyl sites for hydroxylation is 3. The van der Waals surface area contributed by atoms with Gasteiger partial charge >= 0.3 is 0 Å². The fraction of sp³-hybridized carbons (Fsp3) is 0.231. The number of amides is 1. The maximum absolute atomic E-state index is 12.1. The summed E-state index contributed by atoms with van der Waals surface area (Å²) in [4.78, 5) is 12.1. The Kier molecular flexibility index (Phi) is 3.06. The van der Waals surface area contributed by atoms with Crippen LogP contribution in [0.4, 0.5) is 11.4 Å². The molecule has 0 aliphatic rings. The Bertz CT molecular complexity index is 582. The molecular formula is C13H16N4O. The normalized spacial score (nSPS) is 10.4. The van der Waals surface area contributed by atoms with E-state index in [1.54, 1.807) is 7.05 Å². The zero-order chi connectivity index (χ0) is 13.3. The number of nitrogens with two attached hydrogens (primary N) is 1. The molecule has 5 nitrogen and oxygen atoms in total. The minimum Gasteiger partial charge on any atom is -0.396 e. The summed E-state index contributed by atoms with van der Waals surface area (Å²) < 4.78 is 1.47. The Hall–Kier alpha value is -2.30. The van der Waals surface area contributed by atoms with Crippen LogP contribution in [0, 0.1) is 13.8 Å². The number of carbonyl (C=O) groups excluding carboxylic acids is 1. The van der Waals surface area contributed by atoms with E-state index in [1.807, 2.05) is 32.0 Å². The minimum atomic E-state index is -0.249. The van der Waals surface area contributed by atoms with Crippen LogP contribution in [0.2, 0.25) is 0 Å². The molecule has 0 unspecified atom stereocenters. The van der Waals surface area contributed by atoms with Gasteiger partial charge in [-0.05, 0) is 31.0 Å². The van der Waals surface area contributed by atoms with Gasteiger partial charge in [-0.25, -0.2) is 0 Å². The molecule has 0 fully saturated rings. The average molecular weight is 244 g/mol. The van der Waals surface area contributed by atoms with Gasteiger partial charge in [0.25, 0.3) is 5.91 Å². The lowest BCUT2D eigenvalue weighted by molar-refractivity contribution is 0.101. The van der Waals surface area contributed by atoms with Crippen LogP contribution in [-0.4, -0.2) is 15.7 Å². The van der Waals surface area contributed by atoms with Gasteiger partial charge in [0.15, 0.2) is 0 Å². The molecule has 1 aromatic carbocycles. The number of anilines is 2. The lowest BCUT2D eigenvalue weighted by atomic mass is 10.1. The van der Waals surface area contributed by atoms with Crippen LogP contribution >= 0.6 is 0 Å². The van der Waals surface area contributed by atoms with E-state index in [1.165, 1.54) is 10.9 Å². The van der Waals surface area contributed by atoms with Crippen LogP contribution in [-0.2, 0) is 7.05 Å². The molecule has 0 aliphatic heterocycles. The molecule has 94 valence electrons. The summed E-state index contributed by atoms with van der Waals surface area (Å²) in [7, 11) is 1.69. The van der Waals surface area contributed by atoms with E-state index in [4.69, 9.17) is 5.73 Å². The summed E-state index contributed by atoms with van der Waals surface area (Å²) in [5.41, 5.74) is 9.36. The number of nitrogens with one attached hydrogen (secondary N) is 1. The minimum absolute atomic E-state index is 0.249. The molecule has 2 aromatic rings. The largest absolute Gasteiger partial charge is 0.396 e. The highest BCUT2D eigenvalue weighted by Gasteiger charge is 2.15. The molecule has 0 radical (unpaired) electrons. The second-order valence-electron chi connectivity index (χ2n) is 4.34. The smallest absolute Gasteiger partial charge is 0.276 e. The fourth-order valence-corrected chi connectivity index (χ4v) is 1.78. The SMILES string of the molecule is Cc1ccc(C)c(NC(=O)c2c(N)cnn2C)c1. The number of aromatic nitrogens is 2. The van der Waals surface area contributed by atoms with Crippen LogP contribution in [0.5, 0.6) is 0 Å². The molecule has 1 aromatic heterocycles. The van der Waals surface area contributed by atoms with Crippen molar-refractivity contribution in [3.63, 3.8) is 0 Å². The third-order valence-electron chi connectivity index (χ3n) is 2.82. The Morgan fingerprint density at radius 1 is 1.39 bits per heavy atom. The molecule has 1 heterocycles. The highest BCUT2D eigenvalue weighted by atomic mass is 16.2. The first-order chi connectivity index (χ1) is 8.49. The zero-order valence-electron chi connectivity index (χ0n) is 10.7. The Labute approximate surface area is 106 Å². The van der Waals surface area contributed by atoms with Crippen molar-refractivity contribution in [2.75, 3.05) is 11.1 Å². The summed E-state index contributed by atoms with van der Waals surface area (Å²) in [6.45, 7) is 3.93. The van der Waals surface area contributed by atoms with Gasteiger partial charge < -0.3 is 11.1 Å². The quantitative estimate of drug-likeness (QED) is 0.847. The van der Waals surface area contributed by atoms with Gasteiger partial charge in [-0.2, -0.15) is 5.10 Å². The van der Waals surface area contributed by atoms with Crippen LogP contribution in [0.15, 0.2) is 24.4 Å². The number of carbonyl (C=O) groups is 1. The number of benzene rings is 1. The van der Waals surface area contributed by atoms with Crippen molar-refractivity contribution in [3.05, 3.63) is 41.2 Å². The summed E-state index contributed by atoms with van der Waals surface area (Å²) in [6, 6.07) is 5.90. The maximum atomic E-state index is 12.1. The first-order valence-corrected chi connectivity index (χ1v) is 5.65. The van der Waals surface area contributed by atoms with Crippen molar-refractivity contribution in [1.29, 1.82) is 0 Å². The topological polar surface area (TPSA) is 72.9 Å². The first kappa shape index (κ1) is 12.2. The van der Waals surface area contributed by atoms with Crippen molar-refractivity contribution < 1.29 is 4.79 Å². The third kappa shape index (κ3) is 2.20. The fourth-order valence-electron chi connectivity index (χ4n) is 1.78. The molecule has 0 saturated heterocycles. The molecular weight excluding hydrogens is 228 g/mol. The summed E-state index contributed by atoms with van der Waals surface area (Å²) in [6.07, 6.45) is 1.47. The van der Waals surface area contributed by atoms with E-state index in [2.05, 4.69) is 10.4 Å². The highest BCUT2D eigenvalue weighted by molar-refractivity contribution is 6.06. The van der Waals surface area contributed by atoms with Crippen LogP contribution < -0.4 is 11.1 Å². The molecule has 2 rings (SSSR count). The number of rotatable bonds is 2. The van der Waals surface area contributed by atoms with Gasteiger partial charge in [-0.15, -0.1) is 0 Å². The molecule has 0 bridgehead atoms. The molecule has 1 amide bonds. The standard InChI is InChI=1S/C13H16N4O/c1-8-4-5-9(2)11(6-8)16-13(18)12-10(14)7-15-17(12)3/h4-7H,14H2,1-3H3,(H,16,18). The molecule has 0 aliphatic carbocycles. The van der Waals surface area contributed by atoms with Crippen molar-refractivity contribution in [1.82, 2.24) is 9.78 Å². The zero-order valence-corrected chi connectivity index (χ0v) is 10.7. The van der Waals surface area contributed by atoms with E-state index in [-0.39, 0.29) is 5.91 Å². The van der Waals surface area contributed by atoms with Crippen LogP contribution in [0.1, 0.15) is 21.6 Å². The molecule has 5 heteroatoms. The second kappa shape index (κ2) is 4.52. The molecule has 0 spiro atoms. The van der Waals surface area contributed by atoms with Crippen molar-refractivity contribution in [3.8, 4) is 0 Å². The van der Waals surface area contributed by atoms with E-state index in [0.29, 0.717) is 11.4 Å². The van der Waals surface area contributed by atoms with E-state index < -0.39 is 0 Å². The van der Waals surface area contributed by atoms with Crippen LogP contribution in [0.3, 0.4) is 0 Å².